The van der Waals surface area contributed by atoms with Crippen molar-refractivity contribution in [3.05, 3.63) is 38.9 Å². The summed E-state index contributed by atoms with van der Waals surface area (Å²) in [5.41, 5.74) is 4.79. The van der Waals surface area contributed by atoms with Crippen LogP contribution in [0.4, 0.5) is 14.5 Å². The van der Waals surface area contributed by atoms with E-state index >= 15 is 4.39 Å². The Bertz CT molecular complexity index is 1090. The zero-order chi connectivity index (χ0) is 21.2. The molecule has 1 saturated carbocycles. The number of carboxylic acid groups (broad SMARTS) is 1. The number of hydrogen-bond acceptors (Lipinski definition) is 4. The molecule has 2 aromatic rings. The first-order valence-corrected chi connectivity index (χ1v) is 9.87. The Labute approximate surface area is 170 Å². The van der Waals surface area contributed by atoms with Gasteiger partial charge in [-0.1, -0.05) is 18.5 Å². The number of fused-ring (bicyclic) bond motifs is 1. The van der Waals surface area contributed by atoms with E-state index in [2.05, 4.69) is 0 Å². The van der Waals surface area contributed by atoms with Gasteiger partial charge < -0.3 is 20.3 Å². The van der Waals surface area contributed by atoms with Gasteiger partial charge in [0.25, 0.3) is 0 Å². The van der Waals surface area contributed by atoms with Crippen molar-refractivity contribution in [3.8, 4) is 0 Å². The van der Waals surface area contributed by atoms with Gasteiger partial charge in [-0.3, -0.25) is 4.79 Å². The molecule has 1 saturated heterocycles. The first kappa shape index (κ1) is 20.1. The molecular formula is C20H22ClF2N3O3. The van der Waals surface area contributed by atoms with Crippen LogP contribution in [0.2, 0.25) is 5.02 Å². The van der Waals surface area contributed by atoms with Crippen molar-refractivity contribution in [2.24, 2.45) is 11.1 Å². The molecule has 1 aromatic heterocycles. The van der Waals surface area contributed by atoms with E-state index in [9.17, 15) is 19.1 Å². The van der Waals surface area contributed by atoms with E-state index in [4.69, 9.17) is 17.3 Å². The molecule has 2 fully saturated rings. The number of nitrogens with zero attached hydrogens (tertiary/aromatic N) is 2. The molecule has 1 aliphatic carbocycles. The van der Waals surface area contributed by atoms with Crippen LogP contribution < -0.4 is 16.1 Å². The molecule has 0 spiro atoms. The van der Waals surface area contributed by atoms with Gasteiger partial charge in [0.15, 0.2) is 0 Å². The van der Waals surface area contributed by atoms with Gasteiger partial charge in [-0.2, -0.15) is 0 Å². The molecule has 0 bridgehead atoms. The predicted molar refractivity (Wildman–Crippen MR) is 107 cm³/mol. The van der Waals surface area contributed by atoms with E-state index in [1.54, 1.807) is 4.90 Å². The number of rotatable bonds is 4. The van der Waals surface area contributed by atoms with Gasteiger partial charge >= 0.3 is 5.97 Å². The van der Waals surface area contributed by atoms with Gasteiger partial charge in [-0.25, -0.2) is 13.6 Å². The highest BCUT2D eigenvalue weighted by Crippen LogP contribution is 2.45. The third-order valence-electron chi connectivity index (χ3n) is 6.37. The molecule has 2 aliphatic rings. The largest absolute Gasteiger partial charge is 0.477 e. The third kappa shape index (κ3) is 3.09. The summed E-state index contributed by atoms with van der Waals surface area (Å²) >= 11 is 6.59. The monoisotopic (exact) mass is 425 g/mol. The Morgan fingerprint density at radius 3 is 2.66 bits per heavy atom. The van der Waals surface area contributed by atoms with Crippen LogP contribution >= 0.6 is 11.6 Å². The number of aromatic nitrogens is 1. The van der Waals surface area contributed by atoms with Crippen molar-refractivity contribution < 1.29 is 18.7 Å². The summed E-state index contributed by atoms with van der Waals surface area (Å²) in [6.07, 6.45) is 0.881. The average Bonchev–Trinajstić information content (AvgIpc) is 3.22. The molecule has 4 rings (SSSR count). The topological polar surface area (TPSA) is 88.6 Å². The Balaban J connectivity index is 1.94. The zero-order valence-corrected chi connectivity index (χ0v) is 16.8. The number of aromatic carboxylic acids is 1. The van der Waals surface area contributed by atoms with Crippen molar-refractivity contribution in [1.82, 2.24) is 4.57 Å². The molecule has 0 radical (unpaired) electrons. The molecule has 1 aromatic carbocycles. The van der Waals surface area contributed by atoms with Crippen molar-refractivity contribution in [3.63, 3.8) is 0 Å². The fraction of sp³-hybridized carbons (Fsp3) is 0.500. The smallest absolute Gasteiger partial charge is 0.341 e. The second-order valence-corrected chi connectivity index (χ2v) is 8.81. The highest BCUT2D eigenvalue weighted by molar-refractivity contribution is 6.38. The summed E-state index contributed by atoms with van der Waals surface area (Å²) in [4.78, 5) is 25.9. The second-order valence-electron chi connectivity index (χ2n) is 8.43. The predicted octanol–water partition coefficient (Wildman–Crippen LogP) is 3.34. The first-order valence-electron chi connectivity index (χ1n) is 9.50. The minimum atomic E-state index is -1.45. The minimum Gasteiger partial charge on any atom is -0.477 e. The lowest BCUT2D eigenvalue weighted by molar-refractivity contribution is 0.0694. The van der Waals surface area contributed by atoms with Crippen LogP contribution in [-0.2, 0) is 0 Å². The maximum absolute atomic E-state index is 15.1. The molecule has 4 atom stereocenters. The summed E-state index contributed by atoms with van der Waals surface area (Å²) in [7, 11) is 0. The molecule has 9 heteroatoms. The van der Waals surface area contributed by atoms with Gasteiger partial charge in [0.2, 0.25) is 5.43 Å². The van der Waals surface area contributed by atoms with Crippen molar-refractivity contribution >= 4 is 34.2 Å². The minimum absolute atomic E-state index is 0.0120. The number of alkyl halides is 1. The van der Waals surface area contributed by atoms with Crippen molar-refractivity contribution in [2.75, 3.05) is 18.0 Å². The maximum atomic E-state index is 15.1. The molecule has 2 heterocycles. The standard InChI is InChI=1S/C20H22ClF2N3O3/c1-9(24)20(2)3-4-25(8-20)17-13(23)5-10-16(15(17)21)26(14-6-12(14)22)7-11(18(10)27)19(28)29/h5,7,9,12,14H,3-4,6,8,24H2,1-2H3,(H,28,29)/t9-,12?,14?,20+/m0/s1. The third-order valence-corrected chi connectivity index (χ3v) is 6.73. The first-order chi connectivity index (χ1) is 13.5. The Morgan fingerprint density at radius 2 is 2.14 bits per heavy atom. The van der Waals surface area contributed by atoms with Gasteiger partial charge in [0.05, 0.1) is 27.7 Å². The number of nitrogens with two attached hydrogens (primary N) is 1. The maximum Gasteiger partial charge on any atom is 0.341 e. The van der Waals surface area contributed by atoms with Crippen LogP contribution in [0.5, 0.6) is 0 Å². The highest BCUT2D eigenvalue weighted by atomic mass is 35.5. The van der Waals surface area contributed by atoms with Gasteiger partial charge in [-0.15, -0.1) is 0 Å². The van der Waals surface area contributed by atoms with Crippen LogP contribution in [0.15, 0.2) is 17.1 Å². The Hall–Kier alpha value is -2.19. The van der Waals surface area contributed by atoms with Crippen molar-refractivity contribution in [2.45, 2.75) is 44.9 Å². The summed E-state index contributed by atoms with van der Waals surface area (Å²) in [5, 5.41) is 9.16. The van der Waals surface area contributed by atoms with Gasteiger partial charge in [0, 0.05) is 37.2 Å². The molecule has 156 valence electrons. The van der Waals surface area contributed by atoms with E-state index in [1.807, 2.05) is 13.8 Å². The molecule has 2 unspecified atom stereocenters. The summed E-state index contributed by atoms with van der Waals surface area (Å²) in [6, 6.07) is 0.281. The number of benzene rings is 1. The van der Waals surface area contributed by atoms with Gasteiger partial charge in [-0.05, 0) is 19.4 Å². The highest BCUT2D eigenvalue weighted by Gasteiger charge is 2.42. The number of halogens is 3. The fourth-order valence-electron chi connectivity index (χ4n) is 4.12. The average molecular weight is 426 g/mol. The van der Waals surface area contributed by atoms with Crippen LogP contribution in [-0.4, -0.2) is 40.9 Å². The van der Waals surface area contributed by atoms with Crippen molar-refractivity contribution in [1.29, 1.82) is 0 Å². The fourth-order valence-corrected chi connectivity index (χ4v) is 4.53. The quantitative estimate of drug-likeness (QED) is 0.784. The van der Waals surface area contributed by atoms with Gasteiger partial charge in [0.1, 0.15) is 17.6 Å². The van der Waals surface area contributed by atoms with Crippen LogP contribution in [0, 0.1) is 11.2 Å². The second kappa shape index (κ2) is 6.67. The van der Waals surface area contributed by atoms with E-state index in [0.717, 1.165) is 18.7 Å². The molecule has 29 heavy (non-hydrogen) atoms. The Kier molecular flexibility index (Phi) is 4.62. The number of hydrogen-bond donors (Lipinski definition) is 2. The van der Waals surface area contributed by atoms with Crippen LogP contribution in [0.3, 0.4) is 0 Å². The molecular weight excluding hydrogens is 404 g/mol. The number of pyridine rings is 1. The van der Waals surface area contributed by atoms with E-state index in [0.29, 0.717) is 13.1 Å². The SMILES string of the molecule is C[C@H](N)[C@]1(C)CCN(c2c(F)cc3c(=O)c(C(=O)O)cn(C4CC4F)c3c2Cl)C1. The summed E-state index contributed by atoms with van der Waals surface area (Å²) in [5.74, 6) is -2.16. The normalized spacial score (nSPS) is 27.4. The molecule has 0 amide bonds. The number of carboxylic acids is 1. The number of anilines is 1. The lowest BCUT2D eigenvalue weighted by Gasteiger charge is -2.30. The lowest BCUT2D eigenvalue weighted by atomic mass is 9.83. The summed E-state index contributed by atoms with van der Waals surface area (Å²) in [6.45, 7) is 4.95. The lowest BCUT2D eigenvalue weighted by Crippen LogP contribution is -2.39. The molecule has 3 N–H and O–H groups in total. The van der Waals surface area contributed by atoms with E-state index < -0.39 is 35.0 Å². The summed E-state index contributed by atoms with van der Waals surface area (Å²) < 4.78 is 30.3. The zero-order valence-electron chi connectivity index (χ0n) is 16.1. The Morgan fingerprint density at radius 1 is 1.48 bits per heavy atom. The molecule has 1 aliphatic heterocycles. The van der Waals surface area contributed by atoms with E-state index in [-0.39, 0.29) is 39.5 Å². The van der Waals surface area contributed by atoms with E-state index in [1.165, 1.54) is 4.57 Å². The molecule has 6 nitrogen and oxygen atoms in total. The van der Waals surface area contributed by atoms with Crippen LogP contribution in [0.25, 0.3) is 10.9 Å². The van der Waals surface area contributed by atoms with Crippen LogP contribution in [0.1, 0.15) is 43.1 Å². The number of carbonyl (C=O) groups is 1.